The highest BCUT2D eigenvalue weighted by Crippen LogP contribution is 2.58. The van der Waals surface area contributed by atoms with Gasteiger partial charge in [-0.1, -0.05) is 12.5 Å². The molecule has 3 amide bonds. The highest BCUT2D eigenvalue weighted by Gasteiger charge is 2.58. The Kier molecular flexibility index (Phi) is 10.3. The molecular formula is C39H54FN7O5. The van der Waals surface area contributed by atoms with Crippen molar-refractivity contribution < 1.29 is 28.3 Å². The molecule has 2 aliphatic heterocycles. The molecule has 2 spiro atoms. The van der Waals surface area contributed by atoms with Gasteiger partial charge in [0.05, 0.1) is 30.9 Å². The summed E-state index contributed by atoms with van der Waals surface area (Å²) in [5, 5.41) is 13.0. The first kappa shape index (κ1) is 36.7. The van der Waals surface area contributed by atoms with Crippen molar-refractivity contribution in [2.75, 3.05) is 52.3 Å². The largest absolute Gasteiger partial charge is 0.380 e. The summed E-state index contributed by atoms with van der Waals surface area (Å²) in [6, 6.07) is 5.47. The lowest BCUT2D eigenvalue weighted by Gasteiger charge is -2.42. The molecule has 8 rings (SSSR count). The third kappa shape index (κ3) is 7.28. The van der Waals surface area contributed by atoms with Gasteiger partial charge in [-0.25, -0.2) is 4.39 Å². The number of aryl methyl sites for hydroxylation is 1. The van der Waals surface area contributed by atoms with E-state index < -0.39 is 17.3 Å². The molecule has 3 atom stereocenters. The molecule has 2 saturated heterocycles. The highest BCUT2D eigenvalue weighted by molar-refractivity contribution is 5.95. The van der Waals surface area contributed by atoms with Gasteiger partial charge in [0.1, 0.15) is 17.6 Å². The molecular weight excluding hydrogens is 665 g/mol. The van der Waals surface area contributed by atoms with Crippen LogP contribution in [0, 0.1) is 23.1 Å². The van der Waals surface area contributed by atoms with Crippen LogP contribution in [0.25, 0.3) is 0 Å². The first-order valence-corrected chi connectivity index (χ1v) is 19.2. The Bertz CT molecular complexity index is 1660. The molecule has 3 heterocycles. The first-order chi connectivity index (χ1) is 25.1. The second kappa shape index (κ2) is 14.6. The van der Waals surface area contributed by atoms with Crippen molar-refractivity contribution in [3.05, 3.63) is 47.5 Å². The Morgan fingerprint density at radius 1 is 1.08 bits per heavy atom. The molecule has 3 N–H and O–H groups in total. The van der Waals surface area contributed by atoms with E-state index in [0.717, 1.165) is 51.5 Å². The number of rotatable bonds is 11. The zero-order valence-electron chi connectivity index (χ0n) is 30.8. The van der Waals surface area contributed by atoms with Crippen molar-refractivity contribution in [2.24, 2.45) is 17.3 Å². The lowest BCUT2D eigenvalue weighted by molar-refractivity contribution is -0.146. The van der Waals surface area contributed by atoms with Crippen LogP contribution in [0.5, 0.6) is 0 Å². The lowest BCUT2D eigenvalue weighted by atomic mass is 9.75. The number of likely N-dealkylation sites (N-methyl/N-ethyl adjacent to an activating group) is 2. The minimum atomic E-state index is -0.769. The van der Waals surface area contributed by atoms with Crippen LogP contribution >= 0.6 is 0 Å². The van der Waals surface area contributed by atoms with Crippen molar-refractivity contribution in [2.45, 2.75) is 101 Å². The first-order valence-electron chi connectivity index (χ1n) is 19.2. The molecule has 0 radical (unpaired) electrons. The minimum Gasteiger partial charge on any atom is -0.380 e. The van der Waals surface area contributed by atoms with Gasteiger partial charge in [-0.2, -0.15) is 5.10 Å². The number of hydrogen-bond acceptors (Lipinski definition) is 8. The molecule has 52 heavy (non-hydrogen) atoms. The Hall–Kier alpha value is -3.68. The van der Waals surface area contributed by atoms with Gasteiger partial charge in [0.15, 0.2) is 6.29 Å². The van der Waals surface area contributed by atoms with Gasteiger partial charge in [-0.15, -0.1) is 0 Å². The molecule has 12 nitrogen and oxygen atoms in total. The maximum atomic E-state index is 15.7. The van der Waals surface area contributed by atoms with E-state index in [2.05, 4.69) is 33.0 Å². The second-order valence-electron chi connectivity index (χ2n) is 16.2. The molecule has 282 valence electrons. The van der Waals surface area contributed by atoms with E-state index in [4.69, 9.17) is 4.74 Å². The van der Waals surface area contributed by atoms with E-state index in [0.29, 0.717) is 55.8 Å². The van der Waals surface area contributed by atoms with Gasteiger partial charge in [0.25, 0.3) is 0 Å². The fourth-order valence-corrected chi connectivity index (χ4v) is 8.92. The summed E-state index contributed by atoms with van der Waals surface area (Å²) in [6.45, 7) is 5.48. The Morgan fingerprint density at radius 2 is 1.85 bits per heavy atom. The van der Waals surface area contributed by atoms with Crippen LogP contribution in [0.15, 0.2) is 30.5 Å². The molecule has 6 aliphatic rings. The number of aldehydes is 1. The summed E-state index contributed by atoms with van der Waals surface area (Å²) in [6.07, 6.45) is 12.9. The van der Waals surface area contributed by atoms with Crippen LogP contribution in [0.1, 0.15) is 87.2 Å². The van der Waals surface area contributed by atoms with Crippen LogP contribution in [0.2, 0.25) is 0 Å². The number of aromatic nitrogens is 2. The second-order valence-corrected chi connectivity index (χ2v) is 16.2. The smallest absolute Gasteiger partial charge is 0.246 e. The summed E-state index contributed by atoms with van der Waals surface area (Å²) in [7, 11) is 3.93. The number of ether oxygens (including phenoxy) is 1. The summed E-state index contributed by atoms with van der Waals surface area (Å²) in [5.41, 5.74) is 1.29. The van der Waals surface area contributed by atoms with Crippen molar-refractivity contribution in [1.29, 1.82) is 0 Å². The Morgan fingerprint density at radius 3 is 2.42 bits per heavy atom. The van der Waals surface area contributed by atoms with Crippen LogP contribution in [0.3, 0.4) is 0 Å². The molecule has 1 aromatic heterocycles. The maximum absolute atomic E-state index is 15.7. The zero-order valence-corrected chi connectivity index (χ0v) is 30.8. The Labute approximate surface area is 305 Å². The predicted molar refractivity (Wildman–Crippen MR) is 193 cm³/mol. The van der Waals surface area contributed by atoms with Gasteiger partial charge in [0.2, 0.25) is 17.7 Å². The van der Waals surface area contributed by atoms with E-state index in [1.807, 2.05) is 17.9 Å². The fourth-order valence-electron chi connectivity index (χ4n) is 8.92. The van der Waals surface area contributed by atoms with E-state index in [9.17, 15) is 19.2 Å². The number of nitrogens with zero attached hydrogens (tertiary/aromatic N) is 4. The third-order valence-corrected chi connectivity index (χ3v) is 13.0. The lowest BCUT2D eigenvalue weighted by Crippen LogP contribution is -2.62. The van der Waals surface area contributed by atoms with E-state index in [1.54, 1.807) is 30.1 Å². The van der Waals surface area contributed by atoms with Crippen molar-refractivity contribution >= 4 is 29.7 Å². The number of piperazine rings is 1. The normalized spacial score (nSPS) is 24.8. The Balaban J connectivity index is 0.000000410. The minimum absolute atomic E-state index is 0.0506. The number of halogens is 1. The molecule has 1 aromatic carbocycles. The molecule has 4 aliphatic carbocycles. The van der Waals surface area contributed by atoms with Gasteiger partial charge in [-0.3, -0.25) is 28.8 Å². The monoisotopic (exact) mass is 719 g/mol. The number of nitrogens with one attached hydrogen (secondary N) is 3. The van der Waals surface area contributed by atoms with Crippen molar-refractivity contribution in [3.63, 3.8) is 0 Å². The van der Waals surface area contributed by atoms with Gasteiger partial charge in [-0.05, 0) is 114 Å². The fraction of sp³-hybridized carbons (Fsp3) is 0.667. The van der Waals surface area contributed by atoms with E-state index >= 15 is 4.39 Å². The molecule has 2 aromatic rings. The maximum Gasteiger partial charge on any atom is 0.246 e. The van der Waals surface area contributed by atoms with Gasteiger partial charge < -0.3 is 25.6 Å². The van der Waals surface area contributed by atoms with Crippen LogP contribution in [-0.2, 0) is 31.1 Å². The highest BCUT2D eigenvalue weighted by atomic mass is 19.1. The summed E-state index contributed by atoms with van der Waals surface area (Å²) in [5.74, 6) is -0.993. The number of anilines is 1. The van der Waals surface area contributed by atoms with Gasteiger partial charge >= 0.3 is 0 Å². The number of hydrogen-bond donors (Lipinski definition) is 3. The standard InChI is InChI=1S/C33H46FN5O4.C6H8N2O/c1-35-26(21-4-3-7-31(17-21)8-9-31)29(41)36-25-6-5-23(16-24(25)34)33(12-13-33)27(37-28(40)22-18-43-19-22)30(42)39-15-14-38(2)32(20-39)10-11-32;1-2-8-6(5-9)3-4-7-8/h5-6,16,21-22,26-27,35H,3-4,7-15,17-20H2,1-2H3,(H,36,41)(H,37,40);3-5H,2H2,1H3. The molecule has 6 fully saturated rings. The van der Waals surface area contributed by atoms with Crippen LogP contribution < -0.4 is 16.0 Å². The van der Waals surface area contributed by atoms with Crippen molar-refractivity contribution in [1.82, 2.24) is 30.2 Å². The third-order valence-electron chi connectivity index (χ3n) is 13.0. The number of carbonyl (C=O) groups excluding carboxylic acids is 4. The molecule has 13 heteroatoms. The quantitative estimate of drug-likeness (QED) is 0.301. The molecule has 3 unspecified atom stereocenters. The van der Waals surface area contributed by atoms with Crippen LogP contribution in [0.4, 0.5) is 10.1 Å². The number of amides is 3. The predicted octanol–water partition coefficient (Wildman–Crippen LogP) is 3.51. The van der Waals surface area contributed by atoms with Crippen molar-refractivity contribution in [3.8, 4) is 0 Å². The zero-order chi connectivity index (χ0) is 36.7. The number of benzene rings is 1. The van der Waals surface area contributed by atoms with Gasteiger partial charge in [0, 0.05) is 43.3 Å². The summed E-state index contributed by atoms with van der Waals surface area (Å²) in [4.78, 5) is 55.1. The average Bonchev–Trinajstić information content (AvgIpc) is 4.08. The number of carbonyl (C=O) groups is 4. The van der Waals surface area contributed by atoms with E-state index in [1.165, 1.54) is 25.3 Å². The average molecular weight is 720 g/mol. The molecule has 4 saturated carbocycles. The summed E-state index contributed by atoms with van der Waals surface area (Å²) >= 11 is 0. The topological polar surface area (TPSA) is 138 Å². The van der Waals surface area contributed by atoms with E-state index in [-0.39, 0.29) is 46.8 Å². The summed E-state index contributed by atoms with van der Waals surface area (Å²) < 4.78 is 22.6. The van der Waals surface area contributed by atoms with Crippen LogP contribution in [-0.4, -0.2) is 108 Å². The molecule has 0 bridgehead atoms. The SMILES string of the molecule is CCn1nccc1C=O.CNC(C(=O)Nc1ccc(C2(C(NC(=O)C3COC3)C(=O)N3CCN(C)C4(CC4)C3)CC2)cc1F)C1CCCC2(CC2)C1.